The van der Waals surface area contributed by atoms with Crippen LogP contribution in [0, 0.1) is 0 Å². The molecule has 1 N–H and O–H groups in total. The summed E-state index contributed by atoms with van der Waals surface area (Å²) < 4.78 is 33.4. The number of rotatable bonds is 9. The van der Waals surface area contributed by atoms with Crippen molar-refractivity contribution in [3.8, 4) is 0 Å². The lowest BCUT2D eigenvalue weighted by atomic mass is 10.2. The summed E-state index contributed by atoms with van der Waals surface area (Å²) in [6, 6.07) is 0.721. The molecule has 154 valence electrons. The predicted octanol–water partition coefficient (Wildman–Crippen LogP) is 3.25. The molecule has 0 aliphatic rings. The van der Waals surface area contributed by atoms with Crippen LogP contribution in [0.1, 0.15) is 39.5 Å². The van der Waals surface area contributed by atoms with Crippen molar-refractivity contribution in [3.05, 3.63) is 16.3 Å². The molecule has 1 aromatic heterocycles. The maximum absolute atomic E-state index is 12.8. The van der Waals surface area contributed by atoms with Crippen LogP contribution in [-0.2, 0) is 34.3 Å². The van der Waals surface area contributed by atoms with Gasteiger partial charge in [-0.1, -0.05) is 0 Å². The molecule has 0 aliphatic carbocycles. The van der Waals surface area contributed by atoms with Crippen LogP contribution in [0.5, 0.6) is 0 Å². The molecule has 0 saturated heterocycles. The largest absolute Gasteiger partial charge is 0.467 e. The number of thiophene rings is 1. The van der Waals surface area contributed by atoms with Crippen molar-refractivity contribution in [3.63, 3.8) is 0 Å². The number of amides is 1. The molecule has 0 spiro atoms. The fourth-order valence-corrected chi connectivity index (χ4v) is 5.06. The Morgan fingerprint density at radius 3 is 2.30 bits per heavy atom. The van der Waals surface area contributed by atoms with Crippen molar-refractivity contribution in [2.75, 3.05) is 20.3 Å². The van der Waals surface area contributed by atoms with Crippen LogP contribution in [0.3, 0.4) is 0 Å². The smallest absolute Gasteiger partial charge is 0.408 e. The third-order valence-electron chi connectivity index (χ3n) is 3.14. The summed E-state index contributed by atoms with van der Waals surface area (Å²) in [7, 11) is -2.16. The second-order valence-electron chi connectivity index (χ2n) is 6.53. The van der Waals surface area contributed by atoms with Gasteiger partial charge in [0.15, 0.2) is 0 Å². The van der Waals surface area contributed by atoms with Gasteiger partial charge >= 0.3 is 19.7 Å². The fraction of sp³-hybridized carbons (Fsp3) is 0.647. The molecule has 0 aromatic carbocycles. The molecule has 0 fully saturated rings. The highest BCUT2D eigenvalue weighted by molar-refractivity contribution is 7.62. The average molecular weight is 421 g/mol. The van der Waals surface area contributed by atoms with E-state index in [2.05, 4.69) is 5.32 Å². The monoisotopic (exact) mass is 421 g/mol. The predicted molar refractivity (Wildman–Crippen MR) is 104 cm³/mol. The van der Waals surface area contributed by atoms with Crippen molar-refractivity contribution >= 4 is 36.3 Å². The lowest BCUT2D eigenvalue weighted by molar-refractivity contribution is -0.143. The average Bonchev–Trinajstić information content (AvgIpc) is 3.01. The van der Waals surface area contributed by atoms with Crippen LogP contribution in [0.2, 0.25) is 0 Å². The quantitative estimate of drug-likeness (QED) is 0.482. The highest BCUT2D eigenvalue weighted by atomic mass is 32.1. The Balaban J connectivity index is 2.94. The highest BCUT2D eigenvalue weighted by Gasteiger charge is 2.30. The van der Waals surface area contributed by atoms with E-state index in [9.17, 15) is 14.2 Å². The summed E-state index contributed by atoms with van der Waals surface area (Å²) in [4.78, 5) is 24.7. The van der Waals surface area contributed by atoms with Crippen molar-refractivity contribution in [1.82, 2.24) is 5.32 Å². The summed E-state index contributed by atoms with van der Waals surface area (Å²) in [5.74, 6) is -0.603. The first kappa shape index (κ1) is 23.6. The maximum Gasteiger partial charge on any atom is 0.408 e. The van der Waals surface area contributed by atoms with E-state index in [1.165, 1.54) is 18.4 Å². The SMILES string of the molecule is CCOP(=O)(OCC)c1csc(CC(NC(=O)OC(C)(C)C)C(=O)OC)c1. The lowest BCUT2D eigenvalue weighted by Gasteiger charge is -2.22. The molecule has 10 heteroatoms. The maximum atomic E-state index is 12.8. The normalized spacial score (nSPS) is 13.1. The van der Waals surface area contributed by atoms with Gasteiger partial charge in [0.1, 0.15) is 11.6 Å². The molecule has 8 nitrogen and oxygen atoms in total. The van der Waals surface area contributed by atoms with Gasteiger partial charge in [0.05, 0.1) is 25.6 Å². The number of nitrogens with one attached hydrogen (secondary N) is 1. The standard InChI is InChI=1S/C17H28NO7PS/c1-7-23-26(21,24-8-2)12-9-13(27-11-12)10-14(15(19)22-6)18-16(20)25-17(3,4)5/h9,11,14H,7-8,10H2,1-6H3,(H,18,20). The summed E-state index contributed by atoms with van der Waals surface area (Å²) in [6.45, 7) is 9.13. The van der Waals surface area contributed by atoms with E-state index in [0.29, 0.717) is 5.30 Å². The van der Waals surface area contributed by atoms with Gasteiger partial charge in [-0.05, 0) is 40.7 Å². The highest BCUT2D eigenvalue weighted by Crippen LogP contribution is 2.47. The molecule has 27 heavy (non-hydrogen) atoms. The molecule has 0 saturated carbocycles. The van der Waals surface area contributed by atoms with Gasteiger partial charge in [0.25, 0.3) is 0 Å². The Morgan fingerprint density at radius 2 is 1.81 bits per heavy atom. The van der Waals surface area contributed by atoms with E-state index in [4.69, 9.17) is 18.5 Å². The zero-order chi connectivity index (χ0) is 20.7. The number of methoxy groups -OCH3 is 1. The fourth-order valence-electron chi connectivity index (χ4n) is 2.13. The van der Waals surface area contributed by atoms with Gasteiger partial charge in [-0.15, -0.1) is 11.3 Å². The third-order valence-corrected chi connectivity index (χ3v) is 6.36. The van der Waals surface area contributed by atoms with Gasteiger partial charge in [0, 0.05) is 16.7 Å². The Hall–Kier alpha value is -1.41. The van der Waals surface area contributed by atoms with E-state index in [0.717, 1.165) is 4.88 Å². The summed E-state index contributed by atoms with van der Waals surface area (Å²) in [5, 5.41) is 4.60. The zero-order valence-corrected chi connectivity index (χ0v) is 18.3. The molecule has 0 radical (unpaired) electrons. The Bertz CT molecular complexity index is 673. The van der Waals surface area contributed by atoms with Gasteiger partial charge < -0.3 is 23.8 Å². The van der Waals surface area contributed by atoms with Gasteiger partial charge in [0.2, 0.25) is 0 Å². The number of carbonyl (C=O) groups is 2. The molecule has 0 aliphatic heterocycles. The molecule has 1 amide bonds. The van der Waals surface area contributed by atoms with Crippen LogP contribution < -0.4 is 10.6 Å². The molecule has 1 atom stereocenters. The van der Waals surface area contributed by atoms with Crippen molar-refractivity contribution < 1.29 is 32.7 Å². The Labute approximate surface area is 164 Å². The van der Waals surface area contributed by atoms with Crippen LogP contribution in [0.15, 0.2) is 11.4 Å². The topological polar surface area (TPSA) is 100 Å². The van der Waals surface area contributed by atoms with Crippen LogP contribution in [-0.4, -0.2) is 44.0 Å². The van der Waals surface area contributed by atoms with E-state index in [-0.39, 0.29) is 19.6 Å². The number of esters is 1. The minimum Gasteiger partial charge on any atom is -0.467 e. The third kappa shape index (κ3) is 7.62. The number of hydrogen-bond donors (Lipinski definition) is 1. The number of alkyl carbamates (subject to hydrolysis) is 1. The first-order valence-corrected chi connectivity index (χ1v) is 11.0. The van der Waals surface area contributed by atoms with Gasteiger partial charge in [-0.25, -0.2) is 9.59 Å². The minimum atomic E-state index is -3.40. The second kappa shape index (κ2) is 10.2. The van der Waals surface area contributed by atoms with E-state index < -0.39 is 31.3 Å². The van der Waals surface area contributed by atoms with Crippen LogP contribution in [0.25, 0.3) is 0 Å². The molecular weight excluding hydrogens is 393 g/mol. The summed E-state index contributed by atoms with van der Waals surface area (Å²) >= 11 is 1.29. The Morgan fingerprint density at radius 1 is 1.22 bits per heavy atom. The van der Waals surface area contributed by atoms with Gasteiger partial charge in [-0.3, -0.25) is 4.57 Å². The van der Waals surface area contributed by atoms with Crippen molar-refractivity contribution in [2.24, 2.45) is 0 Å². The molecule has 0 bridgehead atoms. The number of hydrogen-bond acceptors (Lipinski definition) is 8. The van der Waals surface area contributed by atoms with E-state index in [1.54, 1.807) is 46.1 Å². The van der Waals surface area contributed by atoms with E-state index in [1.807, 2.05) is 0 Å². The van der Waals surface area contributed by atoms with Gasteiger partial charge in [-0.2, -0.15) is 0 Å². The minimum absolute atomic E-state index is 0.162. The summed E-state index contributed by atoms with van der Waals surface area (Å²) in [6.07, 6.45) is -0.557. The number of carbonyl (C=O) groups excluding carboxylic acids is 2. The molecule has 1 aromatic rings. The van der Waals surface area contributed by atoms with Crippen LogP contribution in [0.4, 0.5) is 4.79 Å². The summed E-state index contributed by atoms with van der Waals surface area (Å²) in [5.41, 5.74) is -0.692. The lowest BCUT2D eigenvalue weighted by Crippen LogP contribution is -2.45. The first-order valence-electron chi connectivity index (χ1n) is 8.59. The number of ether oxygens (including phenoxy) is 2. The molecule has 1 rings (SSSR count). The second-order valence-corrected chi connectivity index (χ2v) is 9.55. The molecule has 1 unspecified atom stereocenters. The first-order chi connectivity index (χ1) is 12.5. The zero-order valence-electron chi connectivity index (χ0n) is 16.6. The van der Waals surface area contributed by atoms with Crippen molar-refractivity contribution in [2.45, 2.75) is 52.7 Å². The molecular formula is C17H28NO7PS. The van der Waals surface area contributed by atoms with Crippen molar-refractivity contribution in [1.29, 1.82) is 0 Å². The van der Waals surface area contributed by atoms with Crippen LogP contribution >= 0.6 is 18.9 Å². The Kier molecular flexibility index (Phi) is 8.94. The molecule has 1 heterocycles. The van der Waals surface area contributed by atoms with E-state index >= 15 is 0 Å².